The van der Waals surface area contributed by atoms with Gasteiger partial charge in [-0.05, 0) is 97.0 Å². The molecule has 2 aliphatic rings. The average Bonchev–Trinajstić information content (AvgIpc) is 3.72. The summed E-state index contributed by atoms with van der Waals surface area (Å²) in [5, 5.41) is 4.50. The molecule has 0 unspecified atom stereocenters. The van der Waals surface area contributed by atoms with Crippen molar-refractivity contribution in [1.82, 2.24) is 9.78 Å². The largest absolute Gasteiger partial charge is 0.466 e. The molecular weight excluding hydrogens is 494 g/mol. The quantitative estimate of drug-likeness (QED) is 0.183. The molecule has 2 heterocycles. The number of hydrogen-bond donors (Lipinski definition) is 0. The molecule has 0 saturated heterocycles. The second kappa shape index (κ2) is 10.8. The lowest BCUT2D eigenvalue weighted by atomic mass is 9.82. The Balaban J connectivity index is 1.42. The van der Waals surface area contributed by atoms with Crippen molar-refractivity contribution in [3.63, 3.8) is 0 Å². The van der Waals surface area contributed by atoms with Crippen molar-refractivity contribution < 1.29 is 9.53 Å². The minimum atomic E-state index is -0.351. The fourth-order valence-corrected chi connectivity index (χ4v) is 6.11. The average molecular weight is 532 g/mol. The van der Waals surface area contributed by atoms with Crippen LogP contribution in [0.15, 0.2) is 79.1 Å². The van der Waals surface area contributed by atoms with Crippen molar-refractivity contribution in [2.75, 3.05) is 12.0 Å². The van der Waals surface area contributed by atoms with E-state index in [-0.39, 0.29) is 12.0 Å². The smallest absolute Gasteiger partial charge is 0.330 e. The van der Waals surface area contributed by atoms with Crippen LogP contribution in [-0.2, 0) is 22.5 Å². The molecule has 1 aliphatic carbocycles. The number of methoxy groups -OCH3 is 1. The Bertz CT molecular complexity index is 1560. The number of carbonyl (C=O) groups excluding carboxylic acids is 1. The molecule has 4 aromatic rings. The maximum Gasteiger partial charge on any atom is 0.330 e. The van der Waals surface area contributed by atoms with Crippen LogP contribution >= 0.6 is 0 Å². The van der Waals surface area contributed by atoms with Crippen molar-refractivity contribution in [1.29, 1.82) is 0 Å². The summed E-state index contributed by atoms with van der Waals surface area (Å²) in [6.07, 6.45) is 11.0. The summed E-state index contributed by atoms with van der Waals surface area (Å²) in [4.78, 5) is 14.2. The van der Waals surface area contributed by atoms with Crippen LogP contribution in [0.25, 0.3) is 17.2 Å². The van der Waals surface area contributed by atoms with Crippen LogP contribution in [0.1, 0.15) is 72.0 Å². The van der Waals surface area contributed by atoms with Gasteiger partial charge in [0.1, 0.15) is 0 Å². The van der Waals surface area contributed by atoms with Gasteiger partial charge in [0.2, 0.25) is 0 Å². The number of nitrogens with zero attached hydrogens (tertiary/aromatic N) is 3. The SMILES string of the molecule is CCn1cc(-c2ccc3c(c2)C[C@@H](C)N(c2ccc(C4CC4)cc2C)[C@@H]3c2ccc(/C=C/C(=O)OC)cc2)cn1. The first kappa shape index (κ1) is 26.1. The minimum absolute atomic E-state index is 0.0790. The predicted octanol–water partition coefficient (Wildman–Crippen LogP) is 7.48. The van der Waals surface area contributed by atoms with E-state index in [0.29, 0.717) is 6.04 Å². The number of carbonyl (C=O) groups is 1. The lowest BCUT2D eigenvalue weighted by Gasteiger charge is -2.45. The van der Waals surface area contributed by atoms with E-state index in [4.69, 9.17) is 4.74 Å². The van der Waals surface area contributed by atoms with E-state index in [9.17, 15) is 4.79 Å². The van der Waals surface area contributed by atoms with Gasteiger partial charge in [0, 0.05) is 36.1 Å². The van der Waals surface area contributed by atoms with Crippen LogP contribution in [0.2, 0.25) is 0 Å². The highest BCUT2D eigenvalue weighted by Crippen LogP contribution is 2.45. The Kier molecular flexibility index (Phi) is 7.05. The maximum atomic E-state index is 11.6. The van der Waals surface area contributed by atoms with E-state index in [1.165, 1.54) is 65.1 Å². The lowest BCUT2D eigenvalue weighted by molar-refractivity contribution is -0.134. The van der Waals surface area contributed by atoms with Crippen molar-refractivity contribution in [2.45, 2.75) is 64.6 Å². The van der Waals surface area contributed by atoms with Crippen LogP contribution in [0, 0.1) is 6.92 Å². The Morgan fingerprint density at radius 2 is 1.80 bits per heavy atom. The molecule has 0 amide bonds. The molecule has 5 heteroatoms. The number of hydrogen-bond acceptors (Lipinski definition) is 4. The standard InChI is InChI=1S/C35H37N3O2/c1-5-37-22-31(21-36-37)29-13-15-32-30(20-29)19-24(3)38(33-16-14-28(18-23(33)2)26-11-12-26)35(32)27-9-6-25(7-10-27)8-17-34(39)40-4/h6-10,13-18,20-22,24,26,35H,5,11-12,19H2,1-4H3/b17-8+/t24-,35-/m1/s1. The molecule has 1 aliphatic heterocycles. The molecule has 3 aromatic carbocycles. The summed E-state index contributed by atoms with van der Waals surface area (Å²) in [5.74, 6) is 0.389. The van der Waals surface area contributed by atoms with Gasteiger partial charge < -0.3 is 9.64 Å². The van der Waals surface area contributed by atoms with Gasteiger partial charge in [0.05, 0.1) is 19.3 Å². The highest BCUT2D eigenvalue weighted by molar-refractivity contribution is 5.86. The zero-order chi connectivity index (χ0) is 27.8. The molecule has 1 aromatic heterocycles. The molecule has 1 saturated carbocycles. The highest BCUT2D eigenvalue weighted by Gasteiger charge is 2.35. The van der Waals surface area contributed by atoms with Crippen LogP contribution in [0.5, 0.6) is 0 Å². The van der Waals surface area contributed by atoms with Crippen molar-refractivity contribution >= 4 is 17.7 Å². The lowest BCUT2D eigenvalue weighted by Crippen LogP contribution is -2.43. The predicted molar refractivity (Wildman–Crippen MR) is 161 cm³/mol. The fourth-order valence-electron chi connectivity index (χ4n) is 6.11. The molecule has 40 heavy (non-hydrogen) atoms. The summed E-state index contributed by atoms with van der Waals surface area (Å²) >= 11 is 0. The Morgan fingerprint density at radius 3 is 2.48 bits per heavy atom. The first-order valence-corrected chi connectivity index (χ1v) is 14.4. The van der Waals surface area contributed by atoms with Crippen molar-refractivity contribution in [3.05, 3.63) is 113 Å². The molecule has 0 radical (unpaired) electrons. The van der Waals surface area contributed by atoms with E-state index >= 15 is 0 Å². The van der Waals surface area contributed by atoms with Gasteiger partial charge in [-0.2, -0.15) is 5.10 Å². The number of rotatable bonds is 7. The zero-order valence-electron chi connectivity index (χ0n) is 23.8. The number of fused-ring (bicyclic) bond motifs is 1. The topological polar surface area (TPSA) is 47.4 Å². The molecule has 0 spiro atoms. The van der Waals surface area contributed by atoms with Gasteiger partial charge in [-0.1, -0.05) is 54.6 Å². The van der Waals surface area contributed by atoms with Gasteiger partial charge in [-0.25, -0.2) is 4.79 Å². The fraction of sp³-hybridized carbons (Fsp3) is 0.314. The Hall–Kier alpha value is -4.12. The molecule has 0 N–H and O–H groups in total. The van der Waals surface area contributed by atoms with E-state index in [1.807, 2.05) is 10.9 Å². The van der Waals surface area contributed by atoms with Crippen molar-refractivity contribution in [2.24, 2.45) is 0 Å². The zero-order valence-corrected chi connectivity index (χ0v) is 23.8. The van der Waals surface area contributed by atoms with Gasteiger partial charge in [0.15, 0.2) is 0 Å². The number of anilines is 1. The first-order chi connectivity index (χ1) is 19.4. The second-order valence-electron chi connectivity index (χ2n) is 11.2. The number of aryl methyl sites for hydroxylation is 2. The van der Waals surface area contributed by atoms with Gasteiger partial charge in [-0.3, -0.25) is 4.68 Å². The van der Waals surface area contributed by atoms with Crippen molar-refractivity contribution in [3.8, 4) is 11.1 Å². The number of esters is 1. The third kappa shape index (κ3) is 5.08. The van der Waals surface area contributed by atoms with E-state index < -0.39 is 0 Å². The monoisotopic (exact) mass is 531 g/mol. The third-order valence-corrected chi connectivity index (χ3v) is 8.41. The summed E-state index contributed by atoms with van der Waals surface area (Å²) < 4.78 is 6.73. The van der Waals surface area contributed by atoms with Gasteiger partial charge in [0.25, 0.3) is 0 Å². The molecule has 6 rings (SSSR count). The third-order valence-electron chi connectivity index (χ3n) is 8.41. The molecule has 204 valence electrons. The van der Waals surface area contributed by atoms with Crippen LogP contribution in [-0.4, -0.2) is 28.9 Å². The first-order valence-electron chi connectivity index (χ1n) is 14.4. The second-order valence-corrected chi connectivity index (χ2v) is 11.2. The minimum Gasteiger partial charge on any atom is -0.466 e. The van der Waals surface area contributed by atoms with Gasteiger partial charge >= 0.3 is 5.97 Å². The Labute approximate surface area is 237 Å². The maximum absolute atomic E-state index is 11.6. The van der Waals surface area contributed by atoms with Gasteiger partial charge in [-0.15, -0.1) is 0 Å². The van der Waals surface area contributed by atoms with Crippen LogP contribution in [0.4, 0.5) is 5.69 Å². The summed E-state index contributed by atoms with van der Waals surface area (Å²) in [6.45, 7) is 7.58. The van der Waals surface area contributed by atoms with E-state index in [1.54, 1.807) is 6.08 Å². The Morgan fingerprint density at radius 1 is 1.02 bits per heavy atom. The number of aromatic nitrogens is 2. The van der Waals surface area contributed by atoms with Crippen LogP contribution < -0.4 is 4.90 Å². The molecular formula is C35H37N3O2. The molecule has 2 atom stereocenters. The number of ether oxygens (including phenoxy) is 1. The van der Waals surface area contributed by atoms with Crippen LogP contribution in [0.3, 0.4) is 0 Å². The summed E-state index contributed by atoms with van der Waals surface area (Å²) in [5.41, 5.74) is 11.4. The summed E-state index contributed by atoms with van der Waals surface area (Å²) in [7, 11) is 1.40. The normalized spacial score (nSPS) is 18.6. The summed E-state index contributed by atoms with van der Waals surface area (Å²) in [6, 6.07) is 23.0. The van der Waals surface area contributed by atoms with E-state index in [2.05, 4.69) is 97.6 Å². The molecule has 0 bridgehead atoms. The number of benzene rings is 3. The molecule has 1 fully saturated rings. The van der Waals surface area contributed by atoms with E-state index in [0.717, 1.165) is 30.0 Å². The highest BCUT2D eigenvalue weighted by atomic mass is 16.5. The molecule has 5 nitrogen and oxygen atoms in total.